The third-order valence-electron chi connectivity index (χ3n) is 1.05. The van der Waals surface area contributed by atoms with Crippen LogP contribution in [0, 0.1) is 0 Å². The Morgan fingerprint density at radius 1 is 1.80 bits per heavy atom. The van der Waals surface area contributed by atoms with E-state index >= 15 is 0 Å². The molecule has 0 radical (unpaired) electrons. The van der Waals surface area contributed by atoms with Gasteiger partial charge in [-0.3, -0.25) is 4.79 Å². The fourth-order valence-electron chi connectivity index (χ4n) is 0.592. The van der Waals surface area contributed by atoms with E-state index in [4.69, 9.17) is 11.6 Å². The first-order valence-electron chi connectivity index (χ1n) is 2.58. The van der Waals surface area contributed by atoms with Gasteiger partial charge in [0.05, 0.1) is 11.2 Å². The third kappa shape index (κ3) is 1.38. The van der Waals surface area contributed by atoms with Gasteiger partial charge < -0.3 is 0 Å². The van der Waals surface area contributed by atoms with Crippen molar-refractivity contribution in [1.82, 2.24) is 0 Å². The number of halogens is 1. The van der Waals surface area contributed by atoms with Crippen molar-refractivity contribution in [2.24, 2.45) is 10.2 Å². The predicted molar refractivity (Wildman–Crippen MR) is 41.1 cm³/mol. The zero-order valence-corrected chi connectivity index (χ0v) is 6.82. The van der Waals surface area contributed by atoms with Crippen molar-refractivity contribution in [3.63, 3.8) is 0 Å². The van der Waals surface area contributed by atoms with Gasteiger partial charge in [-0.05, 0) is 6.26 Å². The average molecular weight is 177 g/mol. The summed E-state index contributed by atoms with van der Waals surface area (Å²) in [7, 11) is 0. The number of thioether (sulfide) groups is 1. The van der Waals surface area contributed by atoms with E-state index in [0.717, 1.165) is 0 Å². The highest BCUT2D eigenvalue weighted by Gasteiger charge is 2.22. The van der Waals surface area contributed by atoms with Crippen molar-refractivity contribution >= 4 is 29.3 Å². The number of carbonyl (C=O) groups excluding carboxylic acids is 1. The molecule has 0 aromatic heterocycles. The smallest absolute Gasteiger partial charge is 0.269 e. The Labute approximate surface area is 67.5 Å². The molecule has 1 unspecified atom stereocenters. The minimum absolute atomic E-state index is 0.278. The molecule has 1 atom stereocenters. The van der Waals surface area contributed by atoms with Crippen LogP contribution in [0.15, 0.2) is 21.5 Å². The highest BCUT2D eigenvalue weighted by molar-refractivity contribution is 8.00. The second-order valence-electron chi connectivity index (χ2n) is 1.68. The molecule has 0 spiro atoms. The van der Waals surface area contributed by atoms with Gasteiger partial charge in [0.25, 0.3) is 5.91 Å². The van der Waals surface area contributed by atoms with E-state index < -0.39 is 0 Å². The number of amides is 1. The number of azo groups is 1. The molecule has 10 heavy (non-hydrogen) atoms. The van der Waals surface area contributed by atoms with Gasteiger partial charge in [-0.25, -0.2) is 0 Å². The molecule has 0 bridgehead atoms. The quantitative estimate of drug-likeness (QED) is 0.611. The topological polar surface area (TPSA) is 41.8 Å². The molecule has 0 N–H and O–H groups in total. The van der Waals surface area contributed by atoms with Crippen LogP contribution in [0.2, 0.25) is 0 Å². The molecule has 1 aliphatic rings. The maximum atomic E-state index is 10.8. The zero-order chi connectivity index (χ0) is 7.56. The van der Waals surface area contributed by atoms with Crippen LogP contribution in [0.4, 0.5) is 0 Å². The molecule has 0 aliphatic carbocycles. The summed E-state index contributed by atoms with van der Waals surface area (Å²) >= 11 is 7.00. The summed E-state index contributed by atoms with van der Waals surface area (Å²) in [5.41, 5.74) is 0. The third-order valence-corrected chi connectivity index (χ3v) is 2.42. The van der Waals surface area contributed by atoms with E-state index in [1.54, 1.807) is 6.26 Å². The van der Waals surface area contributed by atoms with E-state index in [0.29, 0.717) is 5.03 Å². The Morgan fingerprint density at radius 3 is 2.90 bits per heavy atom. The summed E-state index contributed by atoms with van der Waals surface area (Å²) in [6, 6.07) is 0. The second kappa shape index (κ2) is 3.16. The average Bonchev–Trinajstić information content (AvgIpc) is 1.88. The minimum Gasteiger partial charge on any atom is -0.269 e. The van der Waals surface area contributed by atoms with Crippen LogP contribution in [0.1, 0.15) is 0 Å². The number of nitrogens with zero attached hydrogens (tertiary/aromatic N) is 2. The lowest BCUT2D eigenvalue weighted by atomic mass is 10.4. The Balaban J connectivity index is 2.81. The maximum Gasteiger partial charge on any atom is 0.282 e. The number of hydrogen-bond donors (Lipinski definition) is 0. The van der Waals surface area contributed by atoms with E-state index in [1.165, 1.54) is 18.0 Å². The van der Waals surface area contributed by atoms with Crippen LogP contribution in [0.5, 0.6) is 0 Å². The lowest BCUT2D eigenvalue weighted by Crippen LogP contribution is -2.16. The Hall–Kier alpha value is -0.350. The normalized spacial score (nSPS) is 24.8. The maximum absolute atomic E-state index is 10.8. The Morgan fingerprint density at radius 2 is 2.50 bits per heavy atom. The minimum atomic E-state index is -0.334. The van der Waals surface area contributed by atoms with Crippen LogP contribution >= 0.6 is 23.4 Å². The van der Waals surface area contributed by atoms with Crippen molar-refractivity contribution in [1.29, 1.82) is 0 Å². The number of hydrogen-bond acceptors (Lipinski definition) is 3. The van der Waals surface area contributed by atoms with Crippen LogP contribution in [-0.2, 0) is 4.79 Å². The molecule has 54 valence electrons. The second-order valence-corrected chi connectivity index (χ2v) is 3.06. The Kier molecular flexibility index (Phi) is 2.45. The molecule has 3 nitrogen and oxygen atoms in total. The zero-order valence-electron chi connectivity index (χ0n) is 5.24. The van der Waals surface area contributed by atoms with Gasteiger partial charge in [-0.15, -0.1) is 16.9 Å². The first-order chi connectivity index (χ1) is 4.75. The van der Waals surface area contributed by atoms with Gasteiger partial charge in [0.1, 0.15) is 5.25 Å². The van der Waals surface area contributed by atoms with Gasteiger partial charge in [-0.2, -0.15) is 5.11 Å². The van der Waals surface area contributed by atoms with E-state index in [-0.39, 0.29) is 11.2 Å². The molecular formula is C5H5ClN2OS. The molecule has 1 aliphatic heterocycles. The van der Waals surface area contributed by atoms with Crippen molar-refractivity contribution in [3.05, 3.63) is 11.2 Å². The molecule has 1 heterocycles. The molecule has 5 heteroatoms. The highest BCUT2D eigenvalue weighted by atomic mass is 35.5. The van der Waals surface area contributed by atoms with Crippen molar-refractivity contribution in [2.45, 2.75) is 5.25 Å². The van der Waals surface area contributed by atoms with Crippen molar-refractivity contribution in [2.75, 3.05) is 6.26 Å². The summed E-state index contributed by atoms with van der Waals surface area (Å²) in [6.45, 7) is 0. The lowest BCUT2D eigenvalue weighted by molar-refractivity contribution is -0.117. The van der Waals surface area contributed by atoms with Gasteiger partial charge in [0.2, 0.25) is 0 Å². The first-order valence-corrected chi connectivity index (χ1v) is 4.25. The number of carbonyl (C=O) groups is 1. The highest BCUT2D eigenvalue weighted by Crippen LogP contribution is 2.24. The monoisotopic (exact) mass is 176 g/mol. The molecule has 0 aromatic carbocycles. The molecule has 0 fully saturated rings. The SMILES string of the molecule is CSC1C(=O)N=NC=C1Cl. The molecule has 0 aromatic rings. The molecule has 1 amide bonds. The molecule has 0 saturated heterocycles. The van der Waals surface area contributed by atoms with Gasteiger partial charge >= 0.3 is 0 Å². The van der Waals surface area contributed by atoms with Crippen LogP contribution < -0.4 is 0 Å². The standard InChI is InChI=1S/C5H5ClN2OS/c1-10-4-3(6)2-7-8-5(4)9/h2,4H,1H3. The molecule has 0 saturated carbocycles. The van der Waals surface area contributed by atoms with Crippen molar-refractivity contribution < 1.29 is 4.79 Å². The van der Waals surface area contributed by atoms with Crippen molar-refractivity contribution in [3.8, 4) is 0 Å². The van der Waals surface area contributed by atoms with Gasteiger partial charge in [0.15, 0.2) is 0 Å². The largest absolute Gasteiger partial charge is 0.282 e. The van der Waals surface area contributed by atoms with Crippen LogP contribution in [0.25, 0.3) is 0 Å². The summed E-state index contributed by atoms with van der Waals surface area (Å²) in [5, 5.41) is 6.86. The Bertz CT molecular complexity index is 214. The predicted octanol–water partition coefficient (Wildman–Crippen LogP) is 1.79. The first kappa shape index (κ1) is 7.75. The fourth-order valence-corrected chi connectivity index (χ4v) is 1.53. The van der Waals surface area contributed by atoms with Gasteiger partial charge in [0, 0.05) is 0 Å². The summed E-state index contributed by atoms with van der Waals surface area (Å²) in [6.07, 6.45) is 3.20. The summed E-state index contributed by atoms with van der Waals surface area (Å²) in [5.74, 6) is -0.278. The summed E-state index contributed by atoms with van der Waals surface area (Å²) in [4.78, 5) is 10.8. The molecule has 1 rings (SSSR count). The van der Waals surface area contributed by atoms with Crippen LogP contribution in [0.3, 0.4) is 0 Å². The van der Waals surface area contributed by atoms with E-state index in [9.17, 15) is 4.79 Å². The van der Waals surface area contributed by atoms with E-state index in [1.807, 2.05) is 0 Å². The fraction of sp³-hybridized carbons (Fsp3) is 0.400. The lowest BCUT2D eigenvalue weighted by Gasteiger charge is -2.09. The van der Waals surface area contributed by atoms with E-state index in [2.05, 4.69) is 10.2 Å². The van der Waals surface area contributed by atoms with Crippen LogP contribution in [-0.4, -0.2) is 17.4 Å². The number of rotatable bonds is 1. The summed E-state index contributed by atoms with van der Waals surface area (Å²) < 4.78 is 0. The van der Waals surface area contributed by atoms with Gasteiger partial charge in [-0.1, -0.05) is 11.6 Å². The molecular weight excluding hydrogens is 172 g/mol.